The summed E-state index contributed by atoms with van der Waals surface area (Å²) in [7, 11) is 0. The monoisotopic (exact) mass is 209 g/mol. The molecule has 3 heteroatoms. The van der Waals surface area contributed by atoms with E-state index in [1.54, 1.807) is 0 Å². The Morgan fingerprint density at radius 3 is 2.71 bits per heavy atom. The standard InChI is InChI=1S/C11H12ClNO/c1-8(2)10-4-3-9(5-11(10)12)6-13-7-14/h3-5,8H,6H2,1-2H3. The van der Waals surface area contributed by atoms with Crippen molar-refractivity contribution in [1.82, 2.24) is 0 Å². The maximum absolute atomic E-state index is 9.91. The molecule has 0 N–H and O–H groups in total. The van der Waals surface area contributed by atoms with Crippen LogP contribution < -0.4 is 0 Å². The zero-order valence-corrected chi connectivity index (χ0v) is 9.01. The molecule has 0 aliphatic rings. The van der Waals surface area contributed by atoms with Crippen molar-refractivity contribution in [2.24, 2.45) is 4.99 Å². The first kappa shape index (κ1) is 11.0. The second-order valence-corrected chi connectivity index (χ2v) is 3.83. The van der Waals surface area contributed by atoms with Crippen LogP contribution in [0, 0.1) is 0 Å². The van der Waals surface area contributed by atoms with Crippen LogP contribution in [0.5, 0.6) is 0 Å². The van der Waals surface area contributed by atoms with E-state index in [9.17, 15) is 4.79 Å². The maximum atomic E-state index is 9.91. The number of benzene rings is 1. The van der Waals surface area contributed by atoms with Gasteiger partial charge in [0.25, 0.3) is 0 Å². The number of hydrogen-bond donors (Lipinski definition) is 0. The van der Waals surface area contributed by atoms with Crippen LogP contribution in [-0.2, 0) is 11.3 Å². The maximum Gasteiger partial charge on any atom is 0.235 e. The van der Waals surface area contributed by atoms with Crippen molar-refractivity contribution in [3.8, 4) is 0 Å². The highest BCUT2D eigenvalue weighted by molar-refractivity contribution is 6.31. The van der Waals surface area contributed by atoms with Gasteiger partial charge in [-0.15, -0.1) is 0 Å². The summed E-state index contributed by atoms with van der Waals surface area (Å²) in [4.78, 5) is 13.4. The van der Waals surface area contributed by atoms with Gasteiger partial charge in [-0.1, -0.05) is 37.6 Å². The lowest BCUT2D eigenvalue weighted by Crippen LogP contribution is -1.90. The summed E-state index contributed by atoms with van der Waals surface area (Å²) in [6.45, 7) is 4.52. The van der Waals surface area contributed by atoms with Gasteiger partial charge >= 0.3 is 0 Å². The molecule has 0 bridgehead atoms. The highest BCUT2D eigenvalue weighted by Gasteiger charge is 2.05. The van der Waals surface area contributed by atoms with Gasteiger partial charge in [-0.3, -0.25) is 0 Å². The molecule has 1 rings (SSSR count). The number of carbonyl (C=O) groups excluding carboxylic acids is 1. The fraction of sp³-hybridized carbons (Fsp3) is 0.364. The van der Waals surface area contributed by atoms with Crippen LogP contribution in [0.4, 0.5) is 0 Å². The molecule has 0 saturated heterocycles. The first-order valence-corrected chi connectivity index (χ1v) is 4.85. The molecule has 0 unspecified atom stereocenters. The number of aliphatic imine (C=N–C) groups is 1. The number of hydrogen-bond acceptors (Lipinski definition) is 2. The summed E-state index contributed by atoms with van der Waals surface area (Å²) in [6.07, 6.45) is 1.50. The second kappa shape index (κ2) is 4.94. The van der Waals surface area contributed by atoms with Crippen molar-refractivity contribution >= 4 is 17.7 Å². The third-order valence-electron chi connectivity index (χ3n) is 2.01. The largest absolute Gasteiger partial charge is 0.235 e. The Morgan fingerprint density at radius 1 is 1.50 bits per heavy atom. The van der Waals surface area contributed by atoms with Crippen molar-refractivity contribution < 1.29 is 4.79 Å². The molecular formula is C11H12ClNO. The molecular weight excluding hydrogens is 198 g/mol. The van der Waals surface area contributed by atoms with Crippen molar-refractivity contribution in [2.75, 3.05) is 0 Å². The molecule has 1 aromatic rings. The van der Waals surface area contributed by atoms with E-state index < -0.39 is 0 Å². The highest BCUT2D eigenvalue weighted by atomic mass is 35.5. The molecule has 0 amide bonds. The van der Waals surface area contributed by atoms with Gasteiger partial charge < -0.3 is 0 Å². The van der Waals surface area contributed by atoms with E-state index in [1.807, 2.05) is 18.2 Å². The van der Waals surface area contributed by atoms with E-state index in [-0.39, 0.29) is 0 Å². The fourth-order valence-corrected chi connectivity index (χ4v) is 1.68. The van der Waals surface area contributed by atoms with E-state index in [0.717, 1.165) is 16.1 Å². The van der Waals surface area contributed by atoms with Crippen molar-refractivity contribution in [3.63, 3.8) is 0 Å². The Hall–Kier alpha value is -1.11. The van der Waals surface area contributed by atoms with Gasteiger partial charge in [-0.2, -0.15) is 0 Å². The molecule has 2 nitrogen and oxygen atoms in total. The minimum atomic E-state index is 0.349. The molecule has 0 spiro atoms. The van der Waals surface area contributed by atoms with E-state index in [1.165, 1.54) is 6.08 Å². The topological polar surface area (TPSA) is 29.4 Å². The van der Waals surface area contributed by atoms with Crippen LogP contribution in [0.15, 0.2) is 23.2 Å². The van der Waals surface area contributed by atoms with Gasteiger partial charge in [0.2, 0.25) is 6.08 Å². The number of nitrogens with zero attached hydrogens (tertiary/aromatic N) is 1. The summed E-state index contributed by atoms with van der Waals surface area (Å²) in [6, 6.07) is 5.75. The number of rotatable bonds is 3. The molecule has 0 aliphatic heterocycles. The lowest BCUT2D eigenvalue weighted by Gasteiger charge is -2.08. The highest BCUT2D eigenvalue weighted by Crippen LogP contribution is 2.25. The normalized spacial score (nSPS) is 10.0. The van der Waals surface area contributed by atoms with Gasteiger partial charge in [-0.25, -0.2) is 9.79 Å². The molecule has 0 aromatic heterocycles. The van der Waals surface area contributed by atoms with Crippen molar-refractivity contribution in [2.45, 2.75) is 26.3 Å². The first-order chi connectivity index (χ1) is 6.65. The zero-order valence-electron chi connectivity index (χ0n) is 8.25. The first-order valence-electron chi connectivity index (χ1n) is 4.47. The SMILES string of the molecule is CC(C)c1ccc(CN=C=O)cc1Cl. The molecule has 1 aromatic carbocycles. The van der Waals surface area contributed by atoms with Crippen LogP contribution >= 0.6 is 11.6 Å². The van der Waals surface area contributed by atoms with Crippen LogP contribution in [0.1, 0.15) is 30.9 Å². The van der Waals surface area contributed by atoms with E-state index in [0.29, 0.717) is 12.5 Å². The summed E-state index contributed by atoms with van der Waals surface area (Å²) in [5, 5.41) is 0.735. The third kappa shape index (κ3) is 2.69. The quantitative estimate of drug-likeness (QED) is 0.555. The average Bonchev–Trinajstić information content (AvgIpc) is 2.14. The third-order valence-corrected chi connectivity index (χ3v) is 2.34. The van der Waals surface area contributed by atoms with E-state index in [4.69, 9.17) is 11.6 Å². The lowest BCUT2D eigenvalue weighted by molar-refractivity contribution is 0.563. The van der Waals surface area contributed by atoms with Crippen LogP contribution in [0.25, 0.3) is 0 Å². The van der Waals surface area contributed by atoms with Gasteiger partial charge in [0.15, 0.2) is 0 Å². The Morgan fingerprint density at radius 2 is 2.21 bits per heavy atom. The molecule has 14 heavy (non-hydrogen) atoms. The molecule has 0 fully saturated rings. The second-order valence-electron chi connectivity index (χ2n) is 3.42. The molecule has 0 saturated carbocycles. The minimum absolute atomic E-state index is 0.349. The summed E-state index contributed by atoms with van der Waals surface area (Å²) < 4.78 is 0. The van der Waals surface area contributed by atoms with E-state index >= 15 is 0 Å². The zero-order chi connectivity index (χ0) is 10.6. The molecule has 74 valence electrons. The van der Waals surface area contributed by atoms with Crippen molar-refractivity contribution in [1.29, 1.82) is 0 Å². The Bertz CT molecular complexity index is 368. The summed E-state index contributed by atoms with van der Waals surface area (Å²) >= 11 is 6.06. The smallest absolute Gasteiger partial charge is 0.211 e. The van der Waals surface area contributed by atoms with Gasteiger partial charge in [0.05, 0.1) is 6.54 Å². The molecule has 0 atom stereocenters. The van der Waals surface area contributed by atoms with Gasteiger partial charge in [0, 0.05) is 5.02 Å². The Balaban J connectivity index is 2.94. The average molecular weight is 210 g/mol. The van der Waals surface area contributed by atoms with Crippen molar-refractivity contribution in [3.05, 3.63) is 34.3 Å². The van der Waals surface area contributed by atoms with Crippen LogP contribution in [0.3, 0.4) is 0 Å². The van der Waals surface area contributed by atoms with Crippen LogP contribution in [-0.4, -0.2) is 6.08 Å². The summed E-state index contributed by atoms with van der Waals surface area (Å²) in [5.74, 6) is 0.408. The lowest BCUT2D eigenvalue weighted by atomic mass is 10.0. The Labute approximate surface area is 88.6 Å². The van der Waals surface area contributed by atoms with Gasteiger partial charge in [-0.05, 0) is 23.1 Å². The minimum Gasteiger partial charge on any atom is -0.211 e. The predicted octanol–water partition coefficient (Wildman–Crippen LogP) is 3.30. The van der Waals surface area contributed by atoms with E-state index in [2.05, 4.69) is 18.8 Å². The molecule has 0 heterocycles. The summed E-state index contributed by atoms with van der Waals surface area (Å²) in [5.41, 5.74) is 2.05. The van der Waals surface area contributed by atoms with Crippen LogP contribution in [0.2, 0.25) is 5.02 Å². The molecule has 0 aliphatic carbocycles. The number of isocyanates is 1. The Kier molecular flexibility index (Phi) is 3.87. The molecule has 0 radical (unpaired) electrons. The number of halogens is 1. The predicted molar refractivity (Wildman–Crippen MR) is 57.4 cm³/mol. The van der Waals surface area contributed by atoms with Gasteiger partial charge in [0.1, 0.15) is 0 Å². The fourth-order valence-electron chi connectivity index (χ4n) is 1.26.